The average molecular weight is 371 g/mol. The van der Waals surface area contributed by atoms with Gasteiger partial charge in [0.05, 0.1) is 19.8 Å². The number of hydrogen-bond acceptors (Lipinski definition) is 4. The van der Waals surface area contributed by atoms with Crippen LogP contribution in [0, 0.1) is 6.92 Å². The molecule has 0 bridgehead atoms. The van der Waals surface area contributed by atoms with Crippen molar-refractivity contribution in [3.8, 4) is 17.2 Å². The maximum absolute atomic E-state index is 12.0. The molecule has 2 aromatic rings. The Hall–Kier alpha value is -2.69. The quantitative estimate of drug-likeness (QED) is 0.608. The zero-order valence-electron chi connectivity index (χ0n) is 16.4. The van der Waals surface area contributed by atoms with Crippen LogP contribution in [0.5, 0.6) is 17.2 Å². The Kier molecular flexibility index (Phi) is 8.49. The summed E-state index contributed by atoms with van der Waals surface area (Å²) in [5.74, 6) is 2.28. The van der Waals surface area contributed by atoms with Gasteiger partial charge in [0.15, 0.2) is 11.5 Å². The van der Waals surface area contributed by atoms with Crippen molar-refractivity contribution < 1.29 is 19.0 Å². The van der Waals surface area contributed by atoms with Crippen LogP contribution in [0.25, 0.3) is 0 Å². The van der Waals surface area contributed by atoms with Crippen LogP contribution in [0.1, 0.15) is 31.4 Å². The minimum Gasteiger partial charge on any atom is -0.492 e. The van der Waals surface area contributed by atoms with Crippen LogP contribution in [0.4, 0.5) is 0 Å². The Balaban J connectivity index is 1.73. The first-order valence-electron chi connectivity index (χ1n) is 9.47. The second-order valence-corrected chi connectivity index (χ2v) is 6.16. The van der Waals surface area contributed by atoms with Crippen LogP contribution >= 0.6 is 0 Å². The number of amides is 1. The van der Waals surface area contributed by atoms with E-state index in [0.717, 1.165) is 22.8 Å². The third-order valence-electron chi connectivity index (χ3n) is 3.96. The molecule has 0 saturated heterocycles. The highest BCUT2D eigenvalue weighted by Crippen LogP contribution is 2.28. The fourth-order valence-electron chi connectivity index (χ4n) is 2.59. The topological polar surface area (TPSA) is 56.8 Å². The Morgan fingerprint density at radius 2 is 1.63 bits per heavy atom. The van der Waals surface area contributed by atoms with Gasteiger partial charge in [0, 0.05) is 6.42 Å². The summed E-state index contributed by atoms with van der Waals surface area (Å²) in [6.07, 6.45) is 1.07. The molecule has 0 aliphatic rings. The van der Waals surface area contributed by atoms with Crippen LogP contribution in [-0.2, 0) is 11.2 Å². The second-order valence-electron chi connectivity index (χ2n) is 6.16. The molecule has 1 amide bonds. The lowest BCUT2D eigenvalue weighted by molar-refractivity contribution is -0.121. The molecule has 0 aliphatic heterocycles. The lowest BCUT2D eigenvalue weighted by Crippen LogP contribution is -2.28. The predicted octanol–water partition coefficient (Wildman–Crippen LogP) is 3.92. The van der Waals surface area contributed by atoms with Gasteiger partial charge in [-0.25, -0.2) is 0 Å². The molecule has 27 heavy (non-hydrogen) atoms. The molecular formula is C22H29NO4. The van der Waals surface area contributed by atoms with Crippen LogP contribution in [-0.4, -0.2) is 32.3 Å². The van der Waals surface area contributed by atoms with Crippen LogP contribution < -0.4 is 19.5 Å². The van der Waals surface area contributed by atoms with E-state index in [1.54, 1.807) is 0 Å². The summed E-state index contributed by atoms with van der Waals surface area (Å²) >= 11 is 0. The zero-order chi connectivity index (χ0) is 19.5. The average Bonchev–Trinajstić information content (AvgIpc) is 2.67. The molecule has 1 N–H and O–H groups in total. The van der Waals surface area contributed by atoms with Crippen molar-refractivity contribution in [3.05, 3.63) is 53.6 Å². The Bertz CT molecular complexity index is 713. The largest absolute Gasteiger partial charge is 0.492 e. The molecule has 0 saturated carbocycles. The predicted molar refractivity (Wildman–Crippen MR) is 107 cm³/mol. The zero-order valence-corrected chi connectivity index (χ0v) is 16.4. The Morgan fingerprint density at radius 3 is 2.33 bits per heavy atom. The first-order valence-corrected chi connectivity index (χ1v) is 9.47. The molecule has 2 aromatic carbocycles. The van der Waals surface area contributed by atoms with E-state index in [-0.39, 0.29) is 5.91 Å². The summed E-state index contributed by atoms with van der Waals surface area (Å²) in [5.41, 5.74) is 2.24. The smallest absolute Gasteiger partial charge is 0.220 e. The summed E-state index contributed by atoms with van der Waals surface area (Å²) in [7, 11) is 0. The highest BCUT2D eigenvalue weighted by Gasteiger charge is 2.08. The van der Waals surface area contributed by atoms with Crippen molar-refractivity contribution in [2.24, 2.45) is 0 Å². The number of aryl methyl sites for hydroxylation is 2. The van der Waals surface area contributed by atoms with Crippen LogP contribution in [0.3, 0.4) is 0 Å². The van der Waals surface area contributed by atoms with E-state index in [0.29, 0.717) is 39.2 Å². The van der Waals surface area contributed by atoms with Gasteiger partial charge < -0.3 is 19.5 Å². The second kappa shape index (κ2) is 11.1. The molecule has 0 aromatic heterocycles. The first-order chi connectivity index (χ1) is 13.1. The minimum atomic E-state index is 0.00866. The van der Waals surface area contributed by atoms with Gasteiger partial charge in [0.2, 0.25) is 5.91 Å². The molecular weight excluding hydrogens is 342 g/mol. The van der Waals surface area contributed by atoms with Crippen molar-refractivity contribution in [3.63, 3.8) is 0 Å². The third kappa shape index (κ3) is 7.21. The van der Waals surface area contributed by atoms with E-state index in [4.69, 9.17) is 14.2 Å². The van der Waals surface area contributed by atoms with E-state index < -0.39 is 0 Å². The fourth-order valence-corrected chi connectivity index (χ4v) is 2.59. The highest BCUT2D eigenvalue weighted by molar-refractivity contribution is 5.76. The number of ether oxygens (including phenoxy) is 3. The van der Waals surface area contributed by atoms with E-state index in [1.807, 2.05) is 63.2 Å². The van der Waals surface area contributed by atoms with Crippen molar-refractivity contribution in [2.45, 2.75) is 33.6 Å². The molecule has 0 heterocycles. The van der Waals surface area contributed by atoms with E-state index >= 15 is 0 Å². The summed E-state index contributed by atoms with van der Waals surface area (Å²) in [6, 6.07) is 13.7. The monoisotopic (exact) mass is 371 g/mol. The molecule has 5 heteroatoms. The van der Waals surface area contributed by atoms with Crippen molar-refractivity contribution in [2.75, 3.05) is 26.4 Å². The summed E-state index contributed by atoms with van der Waals surface area (Å²) in [6.45, 7) is 8.01. The van der Waals surface area contributed by atoms with Crippen LogP contribution in [0.15, 0.2) is 42.5 Å². The summed E-state index contributed by atoms with van der Waals surface area (Å²) in [4.78, 5) is 12.0. The molecule has 0 aliphatic carbocycles. The lowest BCUT2D eigenvalue weighted by atomic mass is 10.1. The maximum atomic E-state index is 12.0. The van der Waals surface area contributed by atoms with Gasteiger partial charge in [-0.05, 0) is 57.0 Å². The molecule has 5 nitrogen and oxygen atoms in total. The lowest BCUT2D eigenvalue weighted by Gasteiger charge is -2.12. The number of carbonyl (C=O) groups is 1. The Labute approximate surface area is 161 Å². The van der Waals surface area contributed by atoms with E-state index in [9.17, 15) is 4.79 Å². The molecule has 0 spiro atoms. The number of benzene rings is 2. The molecule has 0 radical (unpaired) electrons. The normalized spacial score (nSPS) is 10.3. The molecule has 0 fully saturated rings. The van der Waals surface area contributed by atoms with Gasteiger partial charge in [-0.15, -0.1) is 0 Å². The van der Waals surface area contributed by atoms with Crippen molar-refractivity contribution >= 4 is 5.91 Å². The number of rotatable bonds is 11. The van der Waals surface area contributed by atoms with E-state index in [2.05, 4.69) is 5.32 Å². The summed E-state index contributed by atoms with van der Waals surface area (Å²) in [5, 5.41) is 2.89. The van der Waals surface area contributed by atoms with Crippen LogP contribution in [0.2, 0.25) is 0 Å². The Morgan fingerprint density at radius 1 is 0.926 bits per heavy atom. The minimum absolute atomic E-state index is 0.00866. The standard InChI is InChI=1S/C22H29NO4/c1-4-25-20-12-8-18(16-21(20)26-5-2)9-13-22(24)23-14-15-27-19-10-6-17(3)7-11-19/h6-8,10-12,16H,4-5,9,13-15H2,1-3H3,(H,23,24). The van der Waals surface area contributed by atoms with E-state index in [1.165, 1.54) is 5.56 Å². The molecule has 146 valence electrons. The van der Waals surface area contributed by atoms with Gasteiger partial charge in [-0.1, -0.05) is 23.8 Å². The first kappa shape index (κ1) is 20.6. The van der Waals surface area contributed by atoms with Gasteiger partial charge in [0.25, 0.3) is 0 Å². The SMILES string of the molecule is CCOc1ccc(CCC(=O)NCCOc2ccc(C)cc2)cc1OCC. The number of carbonyl (C=O) groups excluding carboxylic acids is 1. The van der Waals surface area contributed by atoms with Gasteiger partial charge >= 0.3 is 0 Å². The summed E-state index contributed by atoms with van der Waals surface area (Å²) < 4.78 is 16.8. The fraction of sp³-hybridized carbons (Fsp3) is 0.409. The van der Waals surface area contributed by atoms with Crippen molar-refractivity contribution in [1.82, 2.24) is 5.32 Å². The number of hydrogen-bond donors (Lipinski definition) is 1. The van der Waals surface area contributed by atoms with Gasteiger partial charge in [-0.2, -0.15) is 0 Å². The molecule has 0 atom stereocenters. The van der Waals surface area contributed by atoms with Gasteiger partial charge in [-0.3, -0.25) is 4.79 Å². The van der Waals surface area contributed by atoms with Crippen molar-refractivity contribution in [1.29, 1.82) is 0 Å². The van der Waals surface area contributed by atoms with Gasteiger partial charge in [0.1, 0.15) is 12.4 Å². The third-order valence-corrected chi connectivity index (χ3v) is 3.96. The molecule has 2 rings (SSSR count). The maximum Gasteiger partial charge on any atom is 0.220 e. The number of nitrogens with one attached hydrogen (secondary N) is 1. The highest BCUT2D eigenvalue weighted by atomic mass is 16.5. The molecule has 0 unspecified atom stereocenters.